The first-order chi connectivity index (χ1) is 13.1. The molecule has 2 aromatic rings. The van der Waals surface area contributed by atoms with Crippen molar-refractivity contribution in [1.82, 2.24) is 4.90 Å². The average Bonchev–Trinajstić information content (AvgIpc) is 2.68. The van der Waals surface area contributed by atoms with Crippen molar-refractivity contribution in [2.75, 3.05) is 30.8 Å². The van der Waals surface area contributed by atoms with Crippen molar-refractivity contribution in [3.8, 4) is 0 Å². The van der Waals surface area contributed by atoms with E-state index in [1.165, 1.54) is 31.4 Å². The summed E-state index contributed by atoms with van der Waals surface area (Å²) in [6, 6.07) is 12.0. The summed E-state index contributed by atoms with van der Waals surface area (Å²) >= 11 is 0. The Hall–Kier alpha value is -2.93. The van der Waals surface area contributed by atoms with Gasteiger partial charge in [-0.2, -0.15) is 0 Å². The van der Waals surface area contributed by atoms with Crippen LogP contribution in [-0.2, 0) is 6.54 Å². The zero-order chi connectivity index (χ0) is 19.2. The van der Waals surface area contributed by atoms with Gasteiger partial charge in [-0.15, -0.1) is 0 Å². The number of anilines is 2. The molecule has 3 rings (SSSR count). The lowest BCUT2D eigenvalue weighted by Crippen LogP contribution is -2.29. The first kappa shape index (κ1) is 18.8. The number of nitro benzene ring substituents is 1. The molecule has 27 heavy (non-hydrogen) atoms. The number of amides is 1. The minimum Gasteiger partial charge on any atom is -0.387 e. The molecule has 2 N–H and O–H groups in total. The zero-order valence-corrected chi connectivity index (χ0v) is 15.4. The maximum Gasteiger partial charge on any atom is 0.270 e. The molecule has 1 saturated heterocycles. The van der Waals surface area contributed by atoms with Gasteiger partial charge in [-0.3, -0.25) is 19.8 Å². The lowest BCUT2D eigenvalue weighted by molar-refractivity contribution is -0.384. The van der Waals surface area contributed by atoms with Crippen LogP contribution in [0.2, 0.25) is 0 Å². The average molecular weight is 368 g/mol. The van der Waals surface area contributed by atoms with E-state index in [1.807, 2.05) is 18.2 Å². The molecule has 0 aromatic heterocycles. The van der Waals surface area contributed by atoms with Crippen LogP contribution in [0, 0.1) is 10.1 Å². The standard InChI is InChI=1S/C20H24N4O3/c1-21-19-9-8-17(24(26)27)13-18(19)20(25)22-16-7-5-6-15(12-16)14-23-10-3-2-4-11-23/h5-9,12-13,21H,2-4,10-11,14H2,1H3,(H,22,25). The fraction of sp³-hybridized carbons (Fsp3) is 0.350. The highest BCUT2D eigenvalue weighted by molar-refractivity contribution is 6.08. The lowest BCUT2D eigenvalue weighted by Gasteiger charge is -2.26. The SMILES string of the molecule is CNc1ccc([N+](=O)[O-])cc1C(=O)Nc1cccc(CN2CCCCC2)c1. The van der Waals surface area contributed by atoms with Crippen molar-refractivity contribution in [3.63, 3.8) is 0 Å². The van der Waals surface area contributed by atoms with E-state index in [-0.39, 0.29) is 17.2 Å². The van der Waals surface area contributed by atoms with Crippen molar-refractivity contribution in [1.29, 1.82) is 0 Å². The predicted octanol–water partition coefficient (Wildman–Crippen LogP) is 3.87. The number of benzene rings is 2. The molecule has 0 aliphatic carbocycles. The van der Waals surface area contributed by atoms with Gasteiger partial charge >= 0.3 is 0 Å². The van der Waals surface area contributed by atoms with E-state index in [4.69, 9.17) is 0 Å². The predicted molar refractivity (Wildman–Crippen MR) is 106 cm³/mol. The minimum atomic E-state index is -0.505. The molecular weight excluding hydrogens is 344 g/mol. The summed E-state index contributed by atoms with van der Waals surface area (Å²) in [7, 11) is 1.68. The molecular formula is C20H24N4O3. The second-order valence-electron chi connectivity index (χ2n) is 6.73. The number of nitrogens with one attached hydrogen (secondary N) is 2. The van der Waals surface area contributed by atoms with E-state index in [2.05, 4.69) is 21.6 Å². The Morgan fingerprint density at radius 1 is 1.15 bits per heavy atom. The third-order valence-corrected chi connectivity index (χ3v) is 4.77. The molecule has 0 bridgehead atoms. The molecule has 0 spiro atoms. The molecule has 2 aromatic carbocycles. The van der Waals surface area contributed by atoms with Crippen LogP contribution >= 0.6 is 0 Å². The molecule has 0 unspecified atom stereocenters. The highest BCUT2D eigenvalue weighted by Gasteiger charge is 2.17. The van der Waals surface area contributed by atoms with E-state index in [1.54, 1.807) is 13.1 Å². The maximum absolute atomic E-state index is 12.7. The third kappa shape index (κ3) is 4.83. The number of non-ortho nitro benzene ring substituents is 1. The topological polar surface area (TPSA) is 87.5 Å². The fourth-order valence-electron chi connectivity index (χ4n) is 3.37. The molecule has 7 heteroatoms. The van der Waals surface area contributed by atoms with Crippen LogP contribution in [0.3, 0.4) is 0 Å². The summed E-state index contributed by atoms with van der Waals surface area (Å²) in [5.41, 5.74) is 2.50. The Bertz CT molecular complexity index is 832. The van der Waals surface area contributed by atoms with Crippen molar-refractivity contribution in [2.45, 2.75) is 25.8 Å². The van der Waals surface area contributed by atoms with Gasteiger partial charge in [0.1, 0.15) is 0 Å². The summed E-state index contributed by atoms with van der Waals surface area (Å²) in [5.74, 6) is -0.377. The van der Waals surface area contributed by atoms with E-state index in [0.29, 0.717) is 11.4 Å². The second kappa shape index (κ2) is 8.64. The number of hydrogen-bond acceptors (Lipinski definition) is 5. The molecule has 1 aliphatic heterocycles. The number of rotatable bonds is 6. The number of hydrogen-bond donors (Lipinski definition) is 2. The first-order valence-corrected chi connectivity index (χ1v) is 9.15. The molecule has 0 saturated carbocycles. The van der Waals surface area contributed by atoms with Gasteiger partial charge in [0, 0.05) is 37.1 Å². The summed E-state index contributed by atoms with van der Waals surface area (Å²) in [5, 5.41) is 16.8. The number of likely N-dealkylation sites (tertiary alicyclic amines) is 1. The van der Waals surface area contributed by atoms with Crippen molar-refractivity contribution >= 4 is 23.0 Å². The summed E-state index contributed by atoms with van der Waals surface area (Å²) < 4.78 is 0. The zero-order valence-electron chi connectivity index (χ0n) is 15.4. The van der Waals surface area contributed by atoms with Crippen LogP contribution in [0.15, 0.2) is 42.5 Å². The number of nitro groups is 1. The lowest BCUT2D eigenvalue weighted by atomic mass is 10.1. The summed E-state index contributed by atoms with van der Waals surface area (Å²) in [6.45, 7) is 3.08. The Balaban J connectivity index is 1.75. The molecule has 142 valence electrons. The van der Waals surface area contributed by atoms with Crippen LogP contribution in [0.5, 0.6) is 0 Å². The van der Waals surface area contributed by atoms with Gasteiger partial charge in [0.05, 0.1) is 10.5 Å². The Labute approximate surface area is 158 Å². The smallest absolute Gasteiger partial charge is 0.270 e. The fourth-order valence-corrected chi connectivity index (χ4v) is 3.37. The molecule has 1 heterocycles. The molecule has 1 amide bonds. The van der Waals surface area contributed by atoms with E-state index < -0.39 is 4.92 Å². The highest BCUT2D eigenvalue weighted by Crippen LogP contribution is 2.23. The normalized spacial score (nSPS) is 14.6. The third-order valence-electron chi connectivity index (χ3n) is 4.77. The van der Waals surface area contributed by atoms with Gasteiger partial charge in [-0.1, -0.05) is 18.6 Å². The molecule has 0 atom stereocenters. The number of carbonyl (C=O) groups excluding carboxylic acids is 1. The van der Waals surface area contributed by atoms with Gasteiger partial charge in [0.15, 0.2) is 0 Å². The van der Waals surface area contributed by atoms with E-state index in [9.17, 15) is 14.9 Å². The van der Waals surface area contributed by atoms with Crippen LogP contribution in [-0.4, -0.2) is 35.9 Å². The van der Waals surface area contributed by atoms with E-state index in [0.717, 1.165) is 25.2 Å². The number of nitrogens with zero attached hydrogens (tertiary/aromatic N) is 2. The molecule has 1 fully saturated rings. The minimum absolute atomic E-state index is 0.113. The van der Waals surface area contributed by atoms with Gasteiger partial charge in [-0.25, -0.2) is 0 Å². The van der Waals surface area contributed by atoms with Crippen molar-refractivity contribution in [2.24, 2.45) is 0 Å². The highest BCUT2D eigenvalue weighted by atomic mass is 16.6. The molecule has 7 nitrogen and oxygen atoms in total. The Morgan fingerprint density at radius 2 is 1.93 bits per heavy atom. The second-order valence-corrected chi connectivity index (χ2v) is 6.73. The van der Waals surface area contributed by atoms with Crippen LogP contribution in [0.25, 0.3) is 0 Å². The van der Waals surface area contributed by atoms with Crippen molar-refractivity contribution in [3.05, 3.63) is 63.7 Å². The van der Waals surface area contributed by atoms with Crippen molar-refractivity contribution < 1.29 is 9.72 Å². The van der Waals surface area contributed by atoms with Gasteiger partial charge in [0.25, 0.3) is 11.6 Å². The largest absolute Gasteiger partial charge is 0.387 e. The van der Waals surface area contributed by atoms with Crippen LogP contribution in [0.1, 0.15) is 35.2 Å². The molecule has 0 radical (unpaired) electrons. The maximum atomic E-state index is 12.7. The Morgan fingerprint density at radius 3 is 2.63 bits per heavy atom. The monoisotopic (exact) mass is 368 g/mol. The van der Waals surface area contributed by atoms with Crippen LogP contribution < -0.4 is 10.6 Å². The van der Waals surface area contributed by atoms with Gasteiger partial charge in [0.2, 0.25) is 0 Å². The number of carbonyl (C=O) groups is 1. The van der Waals surface area contributed by atoms with Crippen LogP contribution in [0.4, 0.5) is 17.1 Å². The summed E-state index contributed by atoms with van der Waals surface area (Å²) in [4.78, 5) is 25.6. The van der Waals surface area contributed by atoms with Gasteiger partial charge < -0.3 is 10.6 Å². The Kier molecular flexibility index (Phi) is 6.03. The quantitative estimate of drug-likeness (QED) is 0.597. The number of piperidine rings is 1. The van der Waals surface area contributed by atoms with E-state index >= 15 is 0 Å². The molecule has 1 aliphatic rings. The summed E-state index contributed by atoms with van der Waals surface area (Å²) in [6.07, 6.45) is 3.76. The first-order valence-electron chi connectivity index (χ1n) is 9.15. The van der Waals surface area contributed by atoms with Gasteiger partial charge in [-0.05, 0) is 49.7 Å².